The maximum atomic E-state index is 13.4. The van der Waals surface area contributed by atoms with E-state index in [1.807, 2.05) is 31.2 Å². The van der Waals surface area contributed by atoms with Crippen molar-refractivity contribution in [2.24, 2.45) is 4.99 Å². The zero-order valence-corrected chi connectivity index (χ0v) is 22.9. The van der Waals surface area contributed by atoms with Crippen LogP contribution in [0, 0.1) is 0 Å². The maximum Gasteiger partial charge on any atom is 0.257 e. The Morgan fingerprint density at radius 2 is 1.76 bits per heavy atom. The van der Waals surface area contributed by atoms with Crippen LogP contribution < -0.4 is 10.1 Å². The Kier molecular flexibility index (Phi) is 8.78. The van der Waals surface area contributed by atoms with Crippen LogP contribution in [0.1, 0.15) is 34.0 Å². The van der Waals surface area contributed by atoms with Crippen molar-refractivity contribution >= 4 is 63.8 Å². The van der Waals surface area contributed by atoms with E-state index in [9.17, 15) is 9.59 Å². The molecule has 1 aliphatic heterocycles. The van der Waals surface area contributed by atoms with Crippen LogP contribution in [0.5, 0.6) is 5.75 Å². The molecule has 6 nitrogen and oxygen atoms in total. The number of rotatable bonds is 7. The molecule has 3 aromatic rings. The summed E-state index contributed by atoms with van der Waals surface area (Å²) in [4.78, 5) is 31.3. The van der Waals surface area contributed by atoms with E-state index in [4.69, 9.17) is 55.9 Å². The molecule has 0 fully saturated rings. The largest absolute Gasteiger partial charge is 0.490 e. The van der Waals surface area contributed by atoms with Crippen LogP contribution in [-0.2, 0) is 16.0 Å². The molecule has 10 heteroatoms. The lowest BCUT2D eigenvalue weighted by molar-refractivity contribution is -0.120. The molecule has 0 aromatic heterocycles. The number of hydrogen-bond donors (Lipinski definition) is 1. The van der Waals surface area contributed by atoms with E-state index < -0.39 is 12.1 Å². The SMILES string of the molecule is CO[C@@H](C)COc1ccc(Cl)cc1C(=O)NC1N=C(c2c(Cl)cc(Cl)cc2Cl)c2ccccc2CC1=O. The Balaban J connectivity index is 1.74. The van der Waals surface area contributed by atoms with Crippen molar-refractivity contribution in [3.05, 3.63) is 96.9 Å². The van der Waals surface area contributed by atoms with Gasteiger partial charge in [-0.05, 0) is 42.8 Å². The standard InChI is InChI=1S/C27H22Cl4N2O4/c1-14(36-2)13-37-23-8-7-16(28)10-19(23)27(35)33-26-22(34)9-15-5-3-4-6-18(15)25(32-26)24-20(30)11-17(29)12-21(24)31/h3-8,10-12,14,26H,9,13H2,1-2H3,(H,33,35)/t14-,26?/m0/s1. The van der Waals surface area contributed by atoms with Gasteiger partial charge in [0.2, 0.25) is 0 Å². The Morgan fingerprint density at radius 1 is 1.05 bits per heavy atom. The molecule has 3 aromatic carbocycles. The second-order valence-electron chi connectivity index (χ2n) is 8.40. The summed E-state index contributed by atoms with van der Waals surface area (Å²) in [6.45, 7) is 2.05. The van der Waals surface area contributed by atoms with Gasteiger partial charge in [0.25, 0.3) is 5.91 Å². The molecule has 0 spiro atoms. The number of carbonyl (C=O) groups is 2. The van der Waals surface area contributed by atoms with E-state index in [0.717, 1.165) is 5.56 Å². The summed E-state index contributed by atoms with van der Waals surface area (Å²) < 4.78 is 11.0. The summed E-state index contributed by atoms with van der Waals surface area (Å²) in [5.74, 6) is -0.596. The number of benzene rings is 3. The van der Waals surface area contributed by atoms with Crippen molar-refractivity contribution in [1.29, 1.82) is 0 Å². The average Bonchev–Trinajstić information content (AvgIpc) is 2.98. The van der Waals surface area contributed by atoms with Gasteiger partial charge in [0.15, 0.2) is 11.9 Å². The van der Waals surface area contributed by atoms with Gasteiger partial charge in [0, 0.05) is 34.7 Å². The Morgan fingerprint density at radius 3 is 2.46 bits per heavy atom. The number of fused-ring (bicyclic) bond motifs is 1. The molecular formula is C27H22Cl4N2O4. The van der Waals surface area contributed by atoms with Gasteiger partial charge in [0.05, 0.1) is 27.4 Å². The van der Waals surface area contributed by atoms with Crippen LogP contribution in [0.4, 0.5) is 0 Å². The van der Waals surface area contributed by atoms with Crippen molar-refractivity contribution in [1.82, 2.24) is 5.32 Å². The zero-order chi connectivity index (χ0) is 26.7. The lowest BCUT2D eigenvalue weighted by atomic mass is 9.96. The monoisotopic (exact) mass is 578 g/mol. The Hall–Kier alpha value is -2.61. The topological polar surface area (TPSA) is 77.0 Å². The number of amides is 1. The molecule has 1 heterocycles. The molecule has 192 valence electrons. The third kappa shape index (κ3) is 6.28. The molecule has 1 unspecified atom stereocenters. The minimum atomic E-state index is -1.22. The number of Topliss-reactive ketones (excluding diaryl/α,β-unsaturated/α-hetero) is 1. The number of carbonyl (C=O) groups excluding carboxylic acids is 2. The average molecular weight is 580 g/mol. The lowest BCUT2D eigenvalue weighted by Crippen LogP contribution is -2.40. The van der Waals surface area contributed by atoms with Gasteiger partial charge in [0.1, 0.15) is 12.4 Å². The molecule has 1 aliphatic rings. The van der Waals surface area contributed by atoms with Crippen molar-refractivity contribution < 1.29 is 19.1 Å². The quantitative estimate of drug-likeness (QED) is 0.350. The van der Waals surface area contributed by atoms with E-state index >= 15 is 0 Å². The number of ketones is 1. The minimum absolute atomic E-state index is 0.0429. The number of methoxy groups -OCH3 is 1. The van der Waals surface area contributed by atoms with Crippen LogP contribution in [0.2, 0.25) is 20.1 Å². The van der Waals surface area contributed by atoms with Crippen molar-refractivity contribution in [2.45, 2.75) is 25.6 Å². The highest BCUT2D eigenvalue weighted by atomic mass is 35.5. The molecule has 4 rings (SSSR count). The number of nitrogens with zero attached hydrogens (tertiary/aromatic N) is 1. The number of aliphatic imine (C=N–C) groups is 1. The van der Waals surface area contributed by atoms with Crippen LogP contribution in [0.3, 0.4) is 0 Å². The first-order chi connectivity index (χ1) is 17.7. The molecule has 0 bridgehead atoms. The van der Waals surface area contributed by atoms with E-state index in [1.54, 1.807) is 31.4 Å². The maximum absolute atomic E-state index is 13.4. The van der Waals surface area contributed by atoms with Gasteiger partial charge >= 0.3 is 0 Å². The first kappa shape index (κ1) is 27.4. The summed E-state index contributed by atoms with van der Waals surface area (Å²) in [5.41, 5.74) is 2.35. The summed E-state index contributed by atoms with van der Waals surface area (Å²) in [6.07, 6.45) is -1.38. The molecule has 0 saturated heterocycles. The summed E-state index contributed by atoms with van der Waals surface area (Å²) in [6, 6.07) is 15.1. The molecular weight excluding hydrogens is 558 g/mol. The van der Waals surface area contributed by atoms with Gasteiger partial charge in [-0.3, -0.25) is 14.6 Å². The van der Waals surface area contributed by atoms with Gasteiger partial charge in [-0.2, -0.15) is 0 Å². The van der Waals surface area contributed by atoms with Crippen molar-refractivity contribution in [3.8, 4) is 5.75 Å². The van der Waals surface area contributed by atoms with Crippen LogP contribution in [-0.4, -0.2) is 43.4 Å². The summed E-state index contributed by atoms with van der Waals surface area (Å²) in [5, 5.41) is 3.95. The van der Waals surface area contributed by atoms with Crippen molar-refractivity contribution in [2.75, 3.05) is 13.7 Å². The third-order valence-electron chi connectivity index (χ3n) is 5.77. The zero-order valence-electron chi connectivity index (χ0n) is 19.9. The second kappa shape index (κ2) is 11.8. The molecule has 37 heavy (non-hydrogen) atoms. The summed E-state index contributed by atoms with van der Waals surface area (Å²) in [7, 11) is 1.56. The van der Waals surface area contributed by atoms with E-state index in [2.05, 4.69) is 10.3 Å². The fraction of sp³-hybridized carbons (Fsp3) is 0.222. The predicted molar refractivity (Wildman–Crippen MR) is 147 cm³/mol. The van der Waals surface area contributed by atoms with Crippen LogP contribution in [0.25, 0.3) is 0 Å². The van der Waals surface area contributed by atoms with Crippen LogP contribution >= 0.6 is 46.4 Å². The number of nitrogens with one attached hydrogen (secondary N) is 1. The predicted octanol–water partition coefficient (Wildman–Crippen LogP) is 6.43. The van der Waals surface area contributed by atoms with E-state index in [-0.39, 0.29) is 40.5 Å². The van der Waals surface area contributed by atoms with Gasteiger partial charge in [-0.15, -0.1) is 0 Å². The second-order valence-corrected chi connectivity index (χ2v) is 10.1. The highest BCUT2D eigenvalue weighted by molar-refractivity contribution is 6.43. The molecule has 1 amide bonds. The fourth-order valence-corrected chi connectivity index (χ4v) is 4.99. The van der Waals surface area contributed by atoms with E-state index in [1.165, 1.54) is 6.07 Å². The normalized spacial score (nSPS) is 15.9. The number of ether oxygens (including phenoxy) is 2. The smallest absolute Gasteiger partial charge is 0.257 e. The highest BCUT2D eigenvalue weighted by Crippen LogP contribution is 2.33. The molecule has 2 atom stereocenters. The molecule has 1 N–H and O–H groups in total. The van der Waals surface area contributed by atoms with Gasteiger partial charge in [-0.25, -0.2) is 0 Å². The molecule has 0 radical (unpaired) electrons. The fourth-order valence-electron chi connectivity index (χ4n) is 3.82. The number of halogens is 4. The lowest BCUT2D eigenvalue weighted by Gasteiger charge is -2.17. The van der Waals surface area contributed by atoms with E-state index in [0.29, 0.717) is 32.6 Å². The van der Waals surface area contributed by atoms with Crippen molar-refractivity contribution in [3.63, 3.8) is 0 Å². The molecule has 0 saturated carbocycles. The Labute approximate surface area is 234 Å². The Bertz CT molecular complexity index is 1370. The van der Waals surface area contributed by atoms with Gasteiger partial charge in [-0.1, -0.05) is 70.7 Å². The minimum Gasteiger partial charge on any atom is -0.490 e. The van der Waals surface area contributed by atoms with Crippen LogP contribution in [0.15, 0.2) is 59.6 Å². The third-order valence-corrected chi connectivity index (χ3v) is 6.82. The number of hydrogen-bond acceptors (Lipinski definition) is 5. The molecule has 0 aliphatic carbocycles. The first-order valence-corrected chi connectivity index (χ1v) is 12.8. The summed E-state index contributed by atoms with van der Waals surface area (Å²) >= 11 is 25.3. The highest BCUT2D eigenvalue weighted by Gasteiger charge is 2.30. The van der Waals surface area contributed by atoms with Gasteiger partial charge < -0.3 is 14.8 Å². The first-order valence-electron chi connectivity index (χ1n) is 11.3.